The lowest BCUT2D eigenvalue weighted by Gasteiger charge is -2.36. The number of carbonyl (C=O) groups is 2. The molecule has 21 heavy (non-hydrogen) atoms. The van der Waals surface area contributed by atoms with Gasteiger partial charge in [-0.25, -0.2) is 4.79 Å². The number of benzene rings is 1. The molecule has 0 spiro atoms. The Morgan fingerprint density at radius 1 is 1.43 bits per heavy atom. The number of fused-ring (bicyclic) bond motifs is 1. The highest BCUT2D eigenvalue weighted by atomic mass is 16.4. The summed E-state index contributed by atoms with van der Waals surface area (Å²) in [5, 5.41) is 9.33. The second kappa shape index (κ2) is 6.16. The molecule has 0 saturated heterocycles. The SMILES string of the molecule is CCC(C)N(C)C(=O)N1CCC(C(=O)O)c2ccccc21. The van der Waals surface area contributed by atoms with Crippen molar-refractivity contribution in [2.24, 2.45) is 0 Å². The molecule has 0 radical (unpaired) electrons. The van der Waals surface area contributed by atoms with E-state index in [2.05, 4.69) is 0 Å². The molecule has 1 aromatic carbocycles. The van der Waals surface area contributed by atoms with Crippen LogP contribution in [-0.2, 0) is 4.79 Å². The molecule has 2 rings (SSSR count). The van der Waals surface area contributed by atoms with E-state index < -0.39 is 11.9 Å². The summed E-state index contributed by atoms with van der Waals surface area (Å²) < 4.78 is 0. The average molecular weight is 290 g/mol. The van der Waals surface area contributed by atoms with Crippen molar-refractivity contribution in [3.05, 3.63) is 29.8 Å². The van der Waals surface area contributed by atoms with E-state index in [0.29, 0.717) is 13.0 Å². The Bertz CT molecular complexity index is 544. The van der Waals surface area contributed by atoms with Crippen molar-refractivity contribution >= 4 is 17.7 Å². The molecule has 2 unspecified atom stereocenters. The highest BCUT2D eigenvalue weighted by Crippen LogP contribution is 2.35. The molecule has 0 fully saturated rings. The van der Waals surface area contributed by atoms with Crippen LogP contribution in [0.1, 0.15) is 38.2 Å². The molecule has 5 nitrogen and oxygen atoms in total. The molecule has 1 aliphatic rings. The number of nitrogens with zero attached hydrogens (tertiary/aromatic N) is 2. The van der Waals surface area contributed by atoms with Gasteiger partial charge in [-0.1, -0.05) is 25.1 Å². The summed E-state index contributed by atoms with van der Waals surface area (Å²) in [5.74, 6) is -1.36. The number of urea groups is 1. The van der Waals surface area contributed by atoms with E-state index in [-0.39, 0.29) is 12.1 Å². The Hall–Kier alpha value is -2.04. The number of anilines is 1. The first-order valence-electron chi connectivity index (χ1n) is 7.33. The topological polar surface area (TPSA) is 60.9 Å². The summed E-state index contributed by atoms with van der Waals surface area (Å²) in [6.07, 6.45) is 1.34. The molecule has 0 bridgehead atoms. The number of hydrogen-bond donors (Lipinski definition) is 1. The van der Waals surface area contributed by atoms with Crippen LogP contribution >= 0.6 is 0 Å². The molecule has 0 saturated carbocycles. The van der Waals surface area contributed by atoms with E-state index in [1.165, 1.54) is 0 Å². The van der Waals surface area contributed by atoms with Gasteiger partial charge in [-0.15, -0.1) is 0 Å². The van der Waals surface area contributed by atoms with Gasteiger partial charge in [0.05, 0.1) is 5.92 Å². The van der Waals surface area contributed by atoms with Gasteiger partial charge < -0.3 is 10.0 Å². The van der Waals surface area contributed by atoms with E-state index >= 15 is 0 Å². The van der Waals surface area contributed by atoms with Crippen molar-refractivity contribution < 1.29 is 14.7 Å². The highest BCUT2D eigenvalue weighted by molar-refractivity contribution is 5.95. The number of carboxylic acid groups (broad SMARTS) is 1. The van der Waals surface area contributed by atoms with Crippen molar-refractivity contribution in [3.8, 4) is 0 Å². The Morgan fingerprint density at radius 2 is 2.10 bits per heavy atom. The van der Waals surface area contributed by atoms with Gasteiger partial charge in [-0.05, 0) is 31.4 Å². The summed E-state index contributed by atoms with van der Waals surface area (Å²) in [7, 11) is 1.79. The number of hydrogen-bond acceptors (Lipinski definition) is 2. The van der Waals surface area contributed by atoms with Gasteiger partial charge in [0, 0.05) is 25.3 Å². The number of aliphatic carboxylic acids is 1. The molecule has 1 aromatic rings. The van der Waals surface area contributed by atoms with Gasteiger partial charge in [-0.3, -0.25) is 9.69 Å². The van der Waals surface area contributed by atoms with E-state index in [1.54, 1.807) is 22.9 Å². The summed E-state index contributed by atoms with van der Waals surface area (Å²) in [4.78, 5) is 27.4. The van der Waals surface area contributed by atoms with Crippen molar-refractivity contribution in [1.82, 2.24) is 4.90 Å². The van der Waals surface area contributed by atoms with Gasteiger partial charge >= 0.3 is 12.0 Å². The molecule has 1 heterocycles. The third kappa shape index (κ3) is 2.86. The van der Waals surface area contributed by atoms with Gasteiger partial charge in [0.1, 0.15) is 0 Å². The normalized spacial score (nSPS) is 18.8. The number of rotatable bonds is 3. The standard InChI is InChI=1S/C16H22N2O3/c1-4-11(2)17(3)16(21)18-10-9-13(15(19)20)12-7-5-6-8-14(12)18/h5-8,11,13H,4,9-10H2,1-3H3,(H,19,20). The number of para-hydroxylation sites is 1. The van der Waals surface area contributed by atoms with Crippen LogP contribution in [0.2, 0.25) is 0 Å². The second-order valence-corrected chi connectivity index (χ2v) is 5.54. The quantitative estimate of drug-likeness (QED) is 0.931. The molecule has 2 atom stereocenters. The van der Waals surface area contributed by atoms with Gasteiger partial charge in [0.2, 0.25) is 0 Å². The molecule has 0 aliphatic carbocycles. The summed E-state index contributed by atoms with van der Waals surface area (Å²) in [6.45, 7) is 4.49. The third-order valence-corrected chi connectivity index (χ3v) is 4.33. The highest BCUT2D eigenvalue weighted by Gasteiger charge is 2.33. The smallest absolute Gasteiger partial charge is 0.324 e. The van der Waals surface area contributed by atoms with Crippen molar-refractivity contribution in [1.29, 1.82) is 0 Å². The van der Waals surface area contributed by atoms with E-state index in [0.717, 1.165) is 17.7 Å². The van der Waals surface area contributed by atoms with Crippen LogP contribution in [0, 0.1) is 0 Å². The summed E-state index contributed by atoms with van der Waals surface area (Å²) in [6, 6.07) is 7.37. The maximum absolute atomic E-state index is 12.6. The Morgan fingerprint density at radius 3 is 2.71 bits per heavy atom. The van der Waals surface area contributed by atoms with Gasteiger partial charge in [0.25, 0.3) is 0 Å². The predicted molar refractivity (Wildman–Crippen MR) is 81.7 cm³/mol. The maximum atomic E-state index is 12.6. The predicted octanol–water partition coefficient (Wildman–Crippen LogP) is 2.92. The molecule has 0 aromatic heterocycles. The molecule has 1 aliphatic heterocycles. The molecule has 5 heteroatoms. The van der Waals surface area contributed by atoms with Crippen LogP contribution in [0.4, 0.5) is 10.5 Å². The van der Waals surface area contributed by atoms with Crippen LogP contribution in [0.3, 0.4) is 0 Å². The van der Waals surface area contributed by atoms with Crippen LogP contribution in [0.5, 0.6) is 0 Å². The molecule has 2 amide bonds. The maximum Gasteiger partial charge on any atom is 0.324 e. The minimum atomic E-state index is -0.829. The molecule has 114 valence electrons. The largest absolute Gasteiger partial charge is 0.481 e. The zero-order valence-corrected chi connectivity index (χ0v) is 12.7. The second-order valence-electron chi connectivity index (χ2n) is 5.54. The van der Waals surface area contributed by atoms with Crippen LogP contribution < -0.4 is 4.90 Å². The number of carboxylic acids is 1. The first-order chi connectivity index (χ1) is 9.97. The monoisotopic (exact) mass is 290 g/mol. The van der Waals surface area contributed by atoms with Gasteiger partial charge in [-0.2, -0.15) is 0 Å². The van der Waals surface area contributed by atoms with Crippen LogP contribution in [0.15, 0.2) is 24.3 Å². The first kappa shape index (κ1) is 15.4. The molecule has 1 N–H and O–H groups in total. The summed E-state index contributed by atoms with van der Waals surface area (Å²) >= 11 is 0. The fourth-order valence-electron chi connectivity index (χ4n) is 2.67. The minimum absolute atomic E-state index is 0.0689. The lowest BCUT2D eigenvalue weighted by molar-refractivity contribution is -0.139. The average Bonchev–Trinajstić information content (AvgIpc) is 2.51. The van der Waals surface area contributed by atoms with Crippen molar-refractivity contribution in [3.63, 3.8) is 0 Å². The van der Waals surface area contributed by atoms with E-state index in [4.69, 9.17) is 0 Å². The number of carbonyl (C=O) groups excluding carboxylic acids is 1. The summed E-state index contributed by atoms with van der Waals surface area (Å²) in [5.41, 5.74) is 1.44. The van der Waals surface area contributed by atoms with Crippen molar-refractivity contribution in [2.75, 3.05) is 18.5 Å². The lowest BCUT2D eigenvalue weighted by Crippen LogP contribution is -2.47. The van der Waals surface area contributed by atoms with E-state index in [9.17, 15) is 14.7 Å². The van der Waals surface area contributed by atoms with E-state index in [1.807, 2.05) is 32.0 Å². The number of amides is 2. The Balaban J connectivity index is 2.33. The lowest BCUT2D eigenvalue weighted by atomic mass is 9.90. The zero-order chi connectivity index (χ0) is 15.6. The fourth-order valence-corrected chi connectivity index (χ4v) is 2.67. The molecular formula is C16H22N2O3. The van der Waals surface area contributed by atoms with Crippen molar-refractivity contribution in [2.45, 2.75) is 38.6 Å². The van der Waals surface area contributed by atoms with Gasteiger partial charge in [0.15, 0.2) is 0 Å². The Kier molecular flexibility index (Phi) is 4.50. The zero-order valence-electron chi connectivity index (χ0n) is 12.7. The minimum Gasteiger partial charge on any atom is -0.481 e. The van der Waals surface area contributed by atoms with Crippen LogP contribution in [-0.4, -0.2) is 41.6 Å². The Labute approximate surface area is 125 Å². The third-order valence-electron chi connectivity index (χ3n) is 4.33. The first-order valence-corrected chi connectivity index (χ1v) is 7.33. The fraction of sp³-hybridized carbons (Fsp3) is 0.500. The molecular weight excluding hydrogens is 268 g/mol. The van der Waals surface area contributed by atoms with Crippen LogP contribution in [0.25, 0.3) is 0 Å².